The molecule has 1 amide bonds. The lowest BCUT2D eigenvalue weighted by atomic mass is 10.0. The number of hydrogen-bond donors (Lipinski definition) is 2. The van der Waals surface area contributed by atoms with Crippen molar-refractivity contribution in [1.82, 2.24) is 10.6 Å². The summed E-state index contributed by atoms with van der Waals surface area (Å²) in [5.41, 5.74) is 1.23. The first-order valence-corrected chi connectivity index (χ1v) is 7.74. The summed E-state index contributed by atoms with van der Waals surface area (Å²) in [6.07, 6.45) is 2.15. The molecule has 1 aromatic carbocycles. The monoisotopic (exact) mass is 289 g/mol. The van der Waals surface area contributed by atoms with E-state index in [1.807, 2.05) is 6.07 Å². The molecule has 2 N–H and O–H groups in total. The van der Waals surface area contributed by atoms with Crippen LogP contribution in [0.1, 0.15) is 12.8 Å². The Hall–Kier alpha value is -1.59. The molecule has 0 aliphatic carbocycles. The van der Waals surface area contributed by atoms with Gasteiger partial charge in [-0.2, -0.15) is 0 Å². The SMILES string of the molecule is O=C(NC1CCCN(c2ccccc2)C1)C1COCCN1. The van der Waals surface area contributed by atoms with Crippen LogP contribution in [-0.4, -0.2) is 50.8 Å². The van der Waals surface area contributed by atoms with Gasteiger partial charge in [-0.25, -0.2) is 0 Å². The number of benzene rings is 1. The minimum absolute atomic E-state index is 0.0645. The van der Waals surface area contributed by atoms with Crippen molar-refractivity contribution in [3.05, 3.63) is 30.3 Å². The first-order chi connectivity index (χ1) is 10.3. The minimum atomic E-state index is -0.203. The Morgan fingerprint density at radius 1 is 1.33 bits per heavy atom. The van der Waals surface area contributed by atoms with Crippen LogP contribution in [0.15, 0.2) is 30.3 Å². The van der Waals surface area contributed by atoms with Gasteiger partial charge in [0, 0.05) is 31.4 Å². The smallest absolute Gasteiger partial charge is 0.239 e. The molecule has 5 nitrogen and oxygen atoms in total. The van der Waals surface area contributed by atoms with Crippen molar-refractivity contribution in [2.75, 3.05) is 37.7 Å². The number of piperidine rings is 1. The average Bonchev–Trinajstić information content (AvgIpc) is 2.57. The molecule has 21 heavy (non-hydrogen) atoms. The Morgan fingerprint density at radius 2 is 2.19 bits per heavy atom. The zero-order valence-corrected chi connectivity index (χ0v) is 12.3. The van der Waals surface area contributed by atoms with Crippen LogP contribution in [0.2, 0.25) is 0 Å². The zero-order chi connectivity index (χ0) is 14.5. The summed E-state index contributed by atoms with van der Waals surface area (Å²) in [6, 6.07) is 10.4. The molecule has 2 aliphatic heterocycles. The Balaban J connectivity index is 1.55. The number of carbonyl (C=O) groups is 1. The van der Waals surface area contributed by atoms with E-state index in [1.54, 1.807) is 0 Å². The second kappa shape index (κ2) is 6.91. The number of ether oxygens (including phenoxy) is 1. The molecule has 0 aromatic heterocycles. The summed E-state index contributed by atoms with van der Waals surface area (Å²) in [7, 11) is 0. The van der Waals surface area contributed by atoms with Crippen molar-refractivity contribution in [2.24, 2.45) is 0 Å². The molecule has 114 valence electrons. The van der Waals surface area contributed by atoms with Crippen LogP contribution in [0.5, 0.6) is 0 Å². The van der Waals surface area contributed by atoms with Crippen LogP contribution in [0.3, 0.4) is 0 Å². The van der Waals surface area contributed by atoms with E-state index in [4.69, 9.17) is 4.74 Å². The fourth-order valence-electron chi connectivity index (χ4n) is 3.00. The molecule has 5 heteroatoms. The lowest BCUT2D eigenvalue weighted by Gasteiger charge is -2.35. The van der Waals surface area contributed by atoms with E-state index in [9.17, 15) is 4.79 Å². The lowest BCUT2D eigenvalue weighted by Crippen LogP contribution is -2.56. The molecular formula is C16H23N3O2. The number of nitrogens with one attached hydrogen (secondary N) is 2. The van der Waals surface area contributed by atoms with E-state index in [2.05, 4.69) is 39.8 Å². The van der Waals surface area contributed by atoms with Gasteiger partial charge in [-0.05, 0) is 25.0 Å². The lowest BCUT2D eigenvalue weighted by molar-refractivity contribution is -0.126. The van der Waals surface area contributed by atoms with Crippen LogP contribution in [0.25, 0.3) is 0 Å². The van der Waals surface area contributed by atoms with E-state index in [0.29, 0.717) is 13.2 Å². The van der Waals surface area contributed by atoms with Crippen molar-refractivity contribution in [2.45, 2.75) is 24.9 Å². The molecular weight excluding hydrogens is 266 g/mol. The van der Waals surface area contributed by atoms with Crippen molar-refractivity contribution in [3.8, 4) is 0 Å². The van der Waals surface area contributed by atoms with Gasteiger partial charge >= 0.3 is 0 Å². The predicted molar refractivity (Wildman–Crippen MR) is 82.4 cm³/mol. The van der Waals surface area contributed by atoms with Crippen LogP contribution in [0, 0.1) is 0 Å². The fourth-order valence-corrected chi connectivity index (χ4v) is 3.00. The summed E-state index contributed by atoms with van der Waals surface area (Å²) < 4.78 is 5.35. The number of hydrogen-bond acceptors (Lipinski definition) is 4. The Labute approximate surface area is 125 Å². The molecule has 2 unspecified atom stereocenters. The van der Waals surface area contributed by atoms with E-state index >= 15 is 0 Å². The summed E-state index contributed by atoms with van der Waals surface area (Å²) in [5, 5.41) is 6.37. The maximum Gasteiger partial charge on any atom is 0.239 e. The molecule has 2 saturated heterocycles. The second-order valence-corrected chi connectivity index (χ2v) is 5.71. The molecule has 2 atom stereocenters. The quantitative estimate of drug-likeness (QED) is 0.862. The summed E-state index contributed by atoms with van der Waals surface area (Å²) >= 11 is 0. The number of anilines is 1. The standard InChI is InChI=1S/C16H23N3O2/c20-16(15-12-21-10-8-17-15)18-13-5-4-9-19(11-13)14-6-2-1-3-7-14/h1-3,6-7,13,15,17H,4-5,8-12H2,(H,18,20). The highest BCUT2D eigenvalue weighted by Gasteiger charge is 2.26. The van der Waals surface area contributed by atoms with Crippen LogP contribution < -0.4 is 15.5 Å². The van der Waals surface area contributed by atoms with Gasteiger partial charge in [0.05, 0.1) is 13.2 Å². The maximum absolute atomic E-state index is 12.2. The second-order valence-electron chi connectivity index (χ2n) is 5.71. The van der Waals surface area contributed by atoms with Crippen LogP contribution in [0.4, 0.5) is 5.69 Å². The number of carbonyl (C=O) groups excluding carboxylic acids is 1. The van der Waals surface area contributed by atoms with E-state index in [0.717, 1.165) is 32.5 Å². The van der Waals surface area contributed by atoms with Gasteiger partial charge in [0.15, 0.2) is 0 Å². The third-order valence-electron chi connectivity index (χ3n) is 4.13. The van der Waals surface area contributed by atoms with Gasteiger partial charge in [-0.15, -0.1) is 0 Å². The molecule has 0 radical (unpaired) electrons. The minimum Gasteiger partial charge on any atom is -0.378 e. The third kappa shape index (κ3) is 3.74. The first kappa shape index (κ1) is 14.4. The Kier molecular flexibility index (Phi) is 4.72. The predicted octanol–water partition coefficient (Wildman–Crippen LogP) is 0.760. The van der Waals surface area contributed by atoms with Gasteiger partial charge < -0.3 is 20.3 Å². The highest BCUT2D eigenvalue weighted by atomic mass is 16.5. The Morgan fingerprint density at radius 3 is 2.95 bits per heavy atom. The molecule has 2 aliphatic rings. The van der Waals surface area contributed by atoms with Crippen molar-refractivity contribution in [1.29, 1.82) is 0 Å². The van der Waals surface area contributed by atoms with Crippen molar-refractivity contribution < 1.29 is 9.53 Å². The van der Waals surface area contributed by atoms with Crippen LogP contribution >= 0.6 is 0 Å². The average molecular weight is 289 g/mol. The Bertz CT molecular complexity index is 460. The number of morpholine rings is 1. The number of rotatable bonds is 3. The molecule has 0 spiro atoms. The number of para-hydroxylation sites is 1. The van der Waals surface area contributed by atoms with E-state index in [-0.39, 0.29) is 18.0 Å². The van der Waals surface area contributed by atoms with Crippen molar-refractivity contribution in [3.63, 3.8) is 0 Å². The molecule has 0 bridgehead atoms. The van der Waals surface area contributed by atoms with E-state index < -0.39 is 0 Å². The summed E-state index contributed by atoms with van der Waals surface area (Å²) in [5.74, 6) is 0.0645. The van der Waals surface area contributed by atoms with Gasteiger partial charge in [-0.3, -0.25) is 4.79 Å². The zero-order valence-electron chi connectivity index (χ0n) is 12.3. The first-order valence-electron chi connectivity index (χ1n) is 7.74. The maximum atomic E-state index is 12.2. The van der Waals surface area contributed by atoms with Gasteiger partial charge in [0.2, 0.25) is 5.91 Å². The van der Waals surface area contributed by atoms with Gasteiger partial charge in [0.25, 0.3) is 0 Å². The molecule has 0 saturated carbocycles. The summed E-state index contributed by atoms with van der Waals surface area (Å²) in [6.45, 7) is 3.85. The normalized spacial score (nSPS) is 26.4. The molecule has 2 heterocycles. The van der Waals surface area contributed by atoms with Crippen molar-refractivity contribution >= 4 is 11.6 Å². The van der Waals surface area contributed by atoms with Crippen LogP contribution in [-0.2, 0) is 9.53 Å². The molecule has 2 fully saturated rings. The number of nitrogens with zero attached hydrogens (tertiary/aromatic N) is 1. The third-order valence-corrected chi connectivity index (χ3v) is 4.13. The van der Waals surface area contributed by atoms with E-state index in [1.165, 1.54) is 5.69 Å². The molecule has 1 aromatic rings. The largest absolute Gasteiger partial charge is 0.378 e. The van der Waals surface area contributed by atoms with Gasteiger partial charge in [-0.1, -0.05) is 18.2 Å². The number of amides is 1. The van der Waals surface area contributed by atoms with Gasteiger partial charge in [0.1, 0.15) is 6.04 Å². The topological polar surface area (TPSA) is 53.6 Å². The summed E-state index contributed by atoms with van der Waals surface area (Å²) in [4.78, 5) is 14.6. The highest BCUT2D eigenvalue weighted by Crippen LogP contribution is 2.19. The fraction of sp³-hybridized carbons (Fsp3) is 0.562. The highest BCUT2D eigenvalue weighted by molar-refractivity contribution is 5.82. The molecule has 3 rings (SSSR count).